The van der Waals surface area contributed by atoms with Crippen LogP contribution in [0.3, 0.4) is 0 Å². The zero-order chi connectivity index (χ0) is 14.5. The molecular formula is C16H15ClO3. The normalized spacial score (nSPS) is 11.9. The van der Waals surface area contributed by atoms with Crippen molar-refractivity contribution in [2.24, 2.45) is 0 Å². The summed E-state index contributed by atoms with van der Waals surface area (Å²) in [6.45, 7) is 1.93. The number of carboxylic acid groups (broad SMARTS) is 1. The summed E-state index contributed by atoms with van der Waals surface area (Å²) < 4.78 is 5.56. The smallest absolute Gasteiger partial charge is 0.345 e. The number of ether oxygens (including phenoxy) is 1. The molecule has 0 aliphatic rings. The summed E-state index contributed by atoms with van der Waals surface area (Å²) in [4.78, 5) is 11.3. The molecule has 4 heteroatoms. The van der Waals surface area contributed by atoms with E-state index in [1.165, 1.54) is 0 Å². The fraction of sp³-hybridized carbons (Fsp3) is 0.188. The van der Waals surface area contributed by atoms with E-state index in [9.17, 15) is 9.90 Å². The summed E-state index contributed by atoms with van der Waals surface area (Å²) in [5.41, 5.74) is 1.85. The Labute approximate surface area is 122 Å². The number of carboxylic acids is 1. The number of hydrogen-bond acceptors (Lipinski definition) is 2. The summed E-state index contributed by atoms with van der Waals surface area (Å²) >= 11 is 5.90. The molecule has 0 amide bonds. The molecular weight excluding hydrogens is 276 g/mol. The first-order chi connectivity index (χ1) is 9.54. The molecule has 2 rings (SSSR count). The van der Waals surface area contributed by atoms with Crippen molar-refractivity contribution in [2.75, 3.05) is 0 Å². The van der Waals surface area contributed by atoms with Gasteiger partial charge in [0, 0.05) is 11.4 Å². The molecule has 0 saturated heterocycles. The van der Waals surface area contributed by atoms with Gasteiger partial charge in [-0.05, 0) is 42.3 Å². The average Bonchev–Trinajstić information content (AvgIpc) is 2.38. The van der Waals surface area contributed by atoms with E-state index < -0.39 is 12.1 Å². The van der Waals surface area contributed by atoms with Gasteiger partial charge in [-0.1, -0.05) is 35.9 Å². The fourth-order valence-corrected chi connectivity index (χ4v) is 2.12. The molecule has 20 heavy (non-hydrogen) atoms. The summed E-state index contributed by atoms with van der Waals surface area (Å²) in [7, 11) is 0. The minimum Gasteiger partial charge on any atom is -0.478 e. The van der Waals surface area contributed by atoms with E-state index in [4.69, 9.17) is 16.3 Å². The number of hydrogen-bond donors (Lipinski definition) is 1. The van der Waals surface area contributed by atoms with Crippen LogP contribution >= 0.6 is 11.6 Å². The third-order valence-electron chi connectivity index (χ3n) is 2.85. The van der Waals surface area contributed by atoms with E-state index >= 15 is 0 Å². The topological polar surface area (TPSA) is 46.5 Å². The SMILES string of the molecule is Cc1cccc(O[C@@H](Cc2cccc(Cl)c2)C(=O)O)c1. The van der Waals surface area contributed by atoms with Gasteiger partial charge in [0.05, 0.1) is 0 Å². The van der Waals surface area contributed by atoms with Crippen molar-refractivity contribution >= 4 is 17.6 Å². The van der Waals surface area contributed by atoms with Gasteiger partial charge in [-0.2, -0.15) is 0 Å². The van der Waals surface area contributed by atoms with Crippen LogP contribution in [-0.2, 0) is 11.2 Å². The zero-order valence-electron chi connectivity index (χ0n) is 11.0. The van der Waals surface area contributed by atoms with Gasteiger partial charge in [-0.3, -0.25) is 0 Å². The highest BCUT2D eigenvalue weighted by Crippen LogP contribution is 2.18. The first-order valence-corrected chi connectivity index (χ1v) is 6.63. The summed E-state index contributed by atoms with van der Waals surface area (Å²) in [5.74, 6) is -0.439. The van der Waals surface area contributed by atoms with Crippen LogP contribution in [-0.4, -0.2) is 17.2 Å². The monoisotopic (exact) mass is 290 g/mol. The third kappa shape index (κ3) is 4.00. The van der Waals surface area contributed by atoms with E-state index in [2.05, 4.69) is 0 Å². The van der Waals surface area contributed by atoms with E-state index in [0.29, 0.717) is 10.8 Å². The molecule has 0 aliphatic carbocycles. The van der Waals surface area contributed by atoms with Crippen molar-refractivity contribution in [3.8, 4) is 5.75 Å². The summed E-state index contributed by atoms with van der Waals surface area (Å²) in [5, 5.41) is 9.86. The number of aryl methyl sites for hydroxylation is 1. The number of carbonyl (C=O) groups is 1. The maximum atomic E-state index is 11.3. The molecule has 104 valence electrons. The second-order valence-corrected chi connectivity index (χ2v) is 5.03. The van der Waals surface area contributed by atoms with Crippen molar-refractivity contribution in [3.05, 3.63) is 64.7 Å². The molecule has 0 saturated carbocycles. The lowest BCUT2D eigenvalue weighted by molar-refractivity contribution is -0.145. The van der Waals surface area contributed by atoms with Gasteiger partial charge in [0.2, 0.25) is 0 Å². The lowest BCUT2D eigenvalue weighted by atomic mass is 10.1. The molecule has 0 spiro atoms. The number of rotatable bonds is 5. The van der Waals surface area contributed by atoms with Gasteiger partial charge in [0.1, 0.15) is 5.75 Å². The maximum Gasteiger partial charge on any atom is 0.345 e. The Bertz CT molecular complexity index is 563. The lowest BCUT2D eigenvalue weighted by Gasteiger charge is -2.15. The maximum absolute atomic E-state index is 11.3. The van der Waals surface area contributed by atoms with Crippen LogP contribution in [0.15, 0.2) is 48.5 Å². The number of aliphatic carboxylic acids is 1. The zero-order valence-corrected chi connectivity index (χ0v) is 11.8. The van der Waals surface area contributed by atoms with Gasteiger partial charge < -0.3 is 9.84 Å². The molecule has 2 aromatic carbocycles. The van der Waals surface area contributed by atoms with E-state index in [0.717, 1.165) is 11.1 Å². The quantitative estimate of drug-likeness (QED) is 0.913. The highest BCUT2D eigenvalue weighted by Gasteiger charge is 2.20. The van der Waals surface area contributed by atoms with Crippen LogP contribution in [0.1, 0.15) is 11.1 Å². The number of benzene rings is 2. The molecule has 1 N–H and O–H groups in total. The first kappa shape index (κ1) is 14.4. The van der Waals surface area contributed by atoms with Crippen molar-refractivity contribution in [3.63, 3.8) is 0 Å². The van der Waals surface area contributed by atoms with Crippen molar-refractivity contribution in [2.45, 2.75) is 19.4 Å². The molecule has 0 bridgehead atoms. The standard InChI is InChI=1S/C16H15ClO3/c1-11-4-2-7-14(8-11)20-15(16(18)19)10-12-5-3-6-13(17)9-12/h2-9,15H,10H2,1H3,(H,18,19)/t15-/m0/s1. The van der Waals surface area contributed by atoms with E-state index in [1.54, 1.807) is 24.3 Å². The van der Waals surface area contributed by atoms with Crippen molar-refractivity contribution < 1.29 is 14.6 Å². The second-order valence-electron chi connectivity index (χ2n) is 4.60. The summed E-state index contributed by atoms with van der Waals surface area (Å²) in [6.07, 6.45) is -0.667. The highest BCUT2D eigenvalue weighted by atomic mass is 35.5. The average molecular weight is 291 g/mol. The van der Waals surface area contributed by atoms with Crippen LogP contribution in [0.2, 0.25) is 5.02 Å². The van der Waals surface area contributed by atoms with Crippen LogP contribution in [0, 0.1) is 6.92 Å². The minimum absolute atomic E-state index is 0.268. The van der Waals surface area contributed by atoms with E-state index in [1.807, 2.05) is 31.2 Å². The molecule has 0 radical (unpaired) electrons. The Balaban J connectivity index is 2.13. The van der Waals surface area contributed by atoms with Crippen LogP contribution in [0.25, 0.3) is 0 Å². The molecule has 2 aromatic rings. The van der Waals surface area contributed by atoms with Crippen LogP contribution in [0.4, 0.5) is 0 Å². The first-order valence-electron chi connectivity index (χ1n) is 6.25. The summed E-state index contributed by atoms with van der Waals surface area (Å²) in [6, 6.07) is 14.5. The predicted octanol–water partition coefficient (Wildman–Crippen LogP) is 3.72. The Morgan fingerprint density at radius 2 is 2.00 bits per heavy atom. The molecule has 0 unspecified atom stereocenters. The molecule has 1 atom stereocenters. The third-order valence-corrected chi connectivity index (χ3v) is 3.09. The molecule has 0 heterocycles. The number of halogens is 1. The predicted molar refractivity (Wildman–Crippen MR) is 78.4 cm³/mol. The molecule has 3 nitrogen and oxygen atoms in total. The fourth-order valence-electron chi connectivity index (χ4n) is 1.91. The Morgan fingerprint density at radius 1 is 1.25 bits per heavy atom. The van der Waals surface area contributed by atoms with Gasteiger partial charge in [0.25, 0.3) is 0 Å². The van der Waals surface area contributed by atoms with Gasteiger partial charge in [-0.15, -0.1) is 0 Å². The van der Waals surface area contributed by atoms with Crippen LogP contribution in [0.5, 0.6) is 5.75 Å². The largest absolute Gasteiger partial charge is 0.478 e. The Hall–Kier alpha value is -2.00. The van der Waals surface area contributed by atoms with Gasteiger partial charge in [-0.25, -0.2) is 4.79 Å². The molecule has 0 aromatic heterocycles. The minimum atomic E-state index is -0.994. The Morgan fingerprint density at radius 3 is 2.65 bits per heavy atom. The second kappa shape index (κ2) is 6.44. The van der Waals surface area contributed by atoms with Crippen LogP contribution < -0.4 is 4.74 Å². The lowest BCUT2D eigenvalue weighted by Crippen LogP contribution is -2.29. The van der Waals surface area contributed by atoms with Gasteiger partial charge >= 0.3 is 5.97 Å². The Kier molecular flexibility index (Phi) is 4.64. The van der Waals surface area contributed by atoms with E-state index in [-0.39, 0.29) is 6.42 Å². The molecule has 0 aliphatic heterocycles. The van der Waals surface area contributed by atoms with Crippen molar-refractivity contribution in [1.82, 2.24) is 0 Å². The highest BCUT2D eigenvalue weighted by molar-refractivity contribution is 6.30. The van der Waals surface area contributed by atoms with Crippen molar-refractivity contribution in [1.29, 1.82) is 0 Å². The van der Waals surface area contributed by atoms with Gasteiger partial charge in [0.15, 0.2) is 6.10 Å². The molecule has 0 fully saturated rings.